The quantitative estimate of drug-likeness (QED) is 0.663. The van der Waals surface area contributed by atoms with E-state index in [9.17, 15) is 4.79 Å². The highest BCUT2D eigenvalue weighted by atomic mass is 16.6. The molecule has 0 radical (unpaired) electrons. The van der Waals surface area contributed by atoms with Crippen molar-refractivity contribution in [2.24, 2.45) is 29.1 Å². The highest BCUT2D eigenvalue weighted by Gasteiger charge is 2.66. The van der Waals surface area contributed by atoms with E-state index in [1.165, 1.54) is 63.4 Å². The molecule has 2 atom stereocenters. The summed E-state index contributed by atoms with van der Waals surface area (Å²) in [5, 5.41) is 0. The zero-order chi connectivity index (χ0) is 19.5. The fourth-order valence-corrected chi connectivity index (χ4v) is 8.44. The number of cyclic esters (lactones) is 1. The molecule has 4 saturated carbocycles. The molecular formula is C26H35NO2. The number of ether oxygens (including phenoxy) is 1. The maximum Gasteiger partial charge on any atom is 0.311 e. The third-order valence-electron chi connectivity index (χ3n) is 9.20. The summed E-state index contributed by atoms with van der Waals surface area (Å²) in [6.07, 6.45) is 12.9. The van der Waals surface area contributed by atoms with E-state index in [0.29, 0.717) is 0 Å². The van der Waals surface area contributed by atoms with Crippen molar-refractivity contribution in [2.45, 2.75) is 69.8 Å². The Balaban J connectivity index is 1.36. The minimum absolute atomic E-state index is 0.0429. The molecular weight excluding hydrogens is 358 g/mol. The monoisotopic (exact) mass is 393 g/mol. The molecule has 156 valence electrons. The molecule has 4 aliphatic carbocycles. The Bertz CT molecular complexity index is 733. The molecule has 0 N–H and O–H groups in total. The van der Waals surface area contributed by atoms with E-state index in [0.717, 1.165) is 43.8 Å². The van der Waals surface area contributed by atoms with Crippen LogP contribution in [0.1, 0.15) is 69.8 Å². The lowest BCUT2D eigenvalue weighted by molar-refractivity contribution is -0.198. The van der Waals surface area contributed by atoms with E-state index < -0.39 is 0 Å². The van der Waals surface area contributed by atoms with Crippen molar-refractivity contribution in [3.05, 3.63) is 35.9 Å². The zero-order valence-electron chi connectivity index (χ0n) is 17.7. The van der Waals surface area contributed by atoms with E-state index in [1.807, 2.05) is 0 Å². The molecule has 2 unspecified atom stereocenters. The molecule has 0 spiro atoms. The van der Waals surface area contributed by atoms with Crippen LogP contribution >= 0.6 is 0 Å². The highest BCUT2D eigenvalue weighted by molar-refractivity contribution is 5.76. The predicted octanol–water partition coefficient (Wildman–Crippen LogP) is 5.15. The predicted molar refractivity (Wildman–Crippen MR) is 113 cm³/mol. The molecule has 1 aromatic rings. The number of hydrogen-bond acceptors (Lipinski definition) is 3. The van der Waals surface area contributed by atoms with Crippen molar-refractivity contribution in [1.82, 2.24) is 4.90 Å². The number of benzene rings is 1. The average molecular weight is 394 g/mol. The van der Waals surface area contributed by atoms with Gasteiger partial charge in [0.05, 0.1) is 5.92 Å². The van der Waals surface area contributed by atoms with Gasteiger partial charge < -0.3 is 9.64 Å². The van der Waals surface area contributed by atoms with Gasteiger partial charge in [-0.2, -0.15) is 0 Å². The second-order valence-electron chi connectivity index (χ2n) is 11.1. The number of likely N-dealkylation sites (tertiary alicyclic amines) is 1. The number of piperidine rings is 1. The van der Waals surface area contributed by atoms with Crippen molar-refractivity contribution in [3.63, 3.8) is 0 Å². The van der Waals surface area contributed by atoms with Crippen molar-refractivity contribution in [3.8, 4) is 0 Å². The van der Waals surface area contributed by atoms with Crippen LogP contribution in [0.15, 0.2) is 30.3 Å². The summed E-state index contributed by atoms with van der Waals surface area (Å²) >= 11 is 0. The summed E-state index contributed by atoms with van der Waals surface area (Å²) < 4.78 is 6.61. The summed E-state index contributed by atoms with van der Waals surface area (Å²) in [7, 11) is 0. The van der Waals surface area contributed by atoms with Crippen LogP contribution in [-0.2, 0) is 15.1 Å². The normalized spacial score (nSPS) is 44.2. The first-order valence-corrected chi connectivity index (χ1v) is 12.2. The summed E-state index contributed by atoms with van der Waals surface area (Å²) in [5.74, 6) is 2.71. The van der Waals surface area contributed by atoms with Crippen molar-refractivity contribution in [1.29, 1.82) is 0 Å². The Morgan fingerprint density at radius 2 is 1.48 bits per heavy atom. The highest BCUT2D eigenvalue weighted by Crippen LogP contribution is 2.69. The minimum Gasteiger partial charge on any atom is -0.453 e. The SMILES string of the molecule is O=C1OC(c2ccccc2)(C23CC4CC(CC(C4)C2)C3)CC1CN1CCCCC1. The van der Waals surface area contributed by atoms with Crippen molar-refractivity contribution >= 4 is 5.97 Å². The van der Waals surface area contributed by atoms with Gasteiger partial charge in [-0.3, -0.25) is 4.79 Å². The molecule has 1 aromatic carbocycles. The molecule has 7 rings (SSSR count). The van der Waals surface area contributed by atoms with Gasteiger partial charge in [0.15, 0.2) is 0 Å². The van der Waals surface area contributed by atoms with Gasteiger partial charge in [0, 0.05) is 18.4 Å². The first-order chi connectivity index (χ1) is 14.2. The molecule has 3 nitrogen and oxygen atoms in total. The second-order valence-corrected chi connectivity index (χ2v) is 11.1. The molecule has 6 fully saturated rings. The molecule has 0 aromatic heterocycles. The lowest BCUT2D eigenvalue weighted by atomic mass is 9.44. The third kappa shape index (κ3) is 2.91. The van der Waals surface area contributed by atoms with Gasteiger partial charge in [-0.15, -0.1) is 0 Å². The van der Waals surface area contributed by atoms with E-state index in [-0.39, 0.29) is 22.9 Å². The van der Waals surface area contributed by atoms with E-state index in [2.05, 4.69) is 35.2 Å². The average Bonchev–Trinajstić information content (AvgIpc) is 3.06. The first kappa shape index (κ1) is 18.4. The molecule has 6 aliphatic rings. The number of nitrogens with zero attached hydrogens (tertiary/aromatic N) is 1. The van der Waals surface area contributed by atoms with Gasteiger partial charge in [0.1, 0.15) is 5.60 Å². The smallest absolute Gasteiger partial charge is 0.311 e. The van der Waals surface area contributed by atoms with Gasteiger partial charge in [-0.05, 0) is 87.8 Å². The summed E-state index contributed by atoms with van der Waals surface area (Å²) in [6.45, 7) is 3.21. The third-order valence-corrected chi connectivity index (χ3v) is 9.20. The maximum atomic E-state index is 13.3. The van der Waals surface area contributed by atoms with Crippen LogP contribution in [0.4, 0.5) is 0 Å². The molecule has 4 bridgehead atoms. The van der Waals surface area contributed by atoms with Gasteiger partial charge in [-0.25, -0.2) is 0 Å². The lowest BCUT2D eigenvalue weighted by Gasteiger charge is -2.62. The van der Waals surface area contributed by atoms with Gasteiger partial charge >= 0.3 is 5.97 Å². The maximum absolute atomic E-state index is 13.3. The Labute approximate surface area is 175 Å². The number of carbonyl (C=O) groups excluding carboxylic acids is 1. The molecule has 2 saturated heterocycles. The van der Waals surface area contributed by atoms with Crippen molar-refractivity contribution < 1.29 is 9.53 Å². The largest absolute Gasteiger partial charge is 0.453 e. The number of rotatable bonds is 4. The lowest BCUT2D eigenvalue weighted by Crippen LogP contribution is -2.56. The molecule has 2 heterocycles. The van der Waals surface area contributed by atoms with Gasteiger partial charge in [0.25, 0.3) is 0 Å². The summed E-state index contributed by atoms with van der Waals surface area (Å²) in [5.41, 5.74) is 1.06. The zero-order valence-corrected chi connectivity index (χ0v) is 17.7. The van der Waals surface area contributed by atoms with E-state index >= 15 is 0 Å². The Morgan fingerprint density at radius 3 is 2.10 bits per heavy atom. The van der Waals surface area contributed by atoms with Gasteiger partial charge in [-0.1, -0.05) is 36.8 Å². The summed E-state index contributed by atoms with van der Waals surface area (Å²) in [6, 6.07) is 10.9. The van der Waals surface area contributed by atoms with Gasteiger partial charge in [0.2, 0.25) is 0 Å². The fraction of sp³-hybridized carbons (Fsp3) is 0.731. The van der Waals surface area contributed by atoms with E-state index in [1.54, 1.807) is 0 Å². The van der Waals surface area contributed by atoms with Crippen LogP contribution in [0.25, 0.3) is 0 Å². The van der Waals surface area contributed by atoms with Crippen LogP contribution in [0.3, 0.4) is 0 Å². The van der Waals surface area contributed by atoms with Crippen molar-refractivity contribution in [2.75, 3.05) is 19.6 Å². The number of esters is 1. The number of carbonyl (C=O) groups is 1. The number of hydrogen-bond donors (Lipinski definition) is 0. The molecule has 29 heavy (non-hydrogen) atoms. The fourth-order valence-electron chi connectivity index (χ4n) is 8.44. The molecule has 2 aliphatic heterocycles. The Hall–Kier alpha value is -1.35. The molecule has 3 heteroatoms. The van der Waals surface area contributed by atoms with Crippen LogP contribution < -0.4 is 0 Å². The van der Waals surface area contributed by atoms with Crippen LogP contribution in [0.2, 0.25) is 0 Å². The van der Waals surface area contributed by atoms with E-state index in [4.69, 9.17) is 4.74 Å². The Kier molecular flexibility index (Phi) is 4.34. The standard InChI is InChI=1S/C26H35NO2/c28-24-22(18-27-9-5-2-6-10-27)17-26(29-24,23-7-3-1-4-8-23)25-14-19-11-20(15-25)13-21(12-19)16-25/h1,3-4,7-8,19-22H,2,5-6,9-18H2. The van der Waals surface area contributed by atoms with Crippen LogP contribution in [-0.4, -0.2) is 30.5 Å². The molecule has 0 amide bonds. The summed E-state index contributed by atoms with van der Waals surface area (Å²) in [4.78, 5) is 15.8. The van der Waals surface area contributed by atoms with Crippen LogP contribution in [0.5, 0.6) is 0 Å². The minimum atomic E-state index is -0.387. The van der Waals surface area contributed by atoms with Crippen LogP contribution in [0, 0.1) is 29.1 Å². The Morgan fingerprint density at radius 1 is 0.862 bits per heavy atom. The first-order valence-electron chi connectivity index (χ1n) is 12.2. The topological polar surface area (TPSA) is 29.5 Å². The second kappa shape index (κ2) is 6.83.